The molecule has 0 radical (unpaired) electrons. The van der Waals surface area contributed by atoms with Gasteiger partial charge in [0.1, 0.15) is 5.71 Å². The Morgan fingerprint density at radius 2 is 1.59 bits per heavy atom. The number of allylic oxidation sites excluding steroid dienone is 2. The quantitative estimate of drug-likeness (QED) is 0.394. The molecule has 2 aliphatic heterocycles. The van der Waals surface area contributed by atoms with Gasteiger partial charge in [-0.2, -0.15) is 0 Å². The minimum atomic E-state index is -3.99. The largest absolute Gasteiger partial charge is 0.737 e. The van der Waals surface area contributed by atoms with Gasteiger partial charge in [-0.05, 0) is 66.8 Å². The van der Waals surface area contributed by atoms with E-state index in [2.05, 4.69) is 38.1 Å². The van der Waals surface area contributed by atoms with Gasteiger partial charge in [0.25, 0.3) is 0 Å². The summed E-state index contributed by atoms with van der Waals surface area (Å²) in [4.78, 5) is 0. The summed E-state index contributed by atoms with van der Waals surface area (Å²) in [6.45, 7) is 7.83. The zero-order valence-electron chi connectivity index (χ0n) is 19.7. The molecule has 0 bridgehead atoms. The Labute approximate surface area is 188 Å². The topological polar surface area (TPSA) is 7.94 Å². The summed E-state index contributed by atoms with van der Waals surface area (Å²) in [7, 11) is 0. The van der Waals surface area contributed by atoms with Crippen molar-refractivity contribution in [3.05, 3.63) is 87.4 Å². The van der Waals surface area contributed by atoms with Crippen molar-refractivity contribution in [2.75, 3.05) is 0 Å². The summed E-state index contributed by atoms with van der Waals surface area (Å²) in [5.74, 6) is 0. The lowest BCUT2D eigenvalue weighted by Gasteiger charge is -2.34. The number of benzene rings is 2. The van der Waals surface area contributed by atoms with Gasteiger partial charge in [0, 0.05) is 23.8 Å². The molecule has 0 atom stereocenters. The zero-order valence-corrected chi connectivity index (χ0v) is 19.7. The molecule has 0 aliphatic carbocycles. The molecule has 0 N–H and O–H groups in total. The molecule has 5 heteroatoms. The molecule has 0 spiro atoms. The van der Waals surface area contributed by atoms with Crippen molar-refractivity contribution < 1.29 is 13.1 Å². The predicted octanol–water partition coefficient (Wildman–Crippen LogP) is 7.03. The fourth-order valence-corrected chi connectivity index (χ4v) is 6.18. The van der Waals surface area contributed by atoms with Crippen LogP contribution in [0.15, 0.2) is 59.3 Å². The average Bonchev–Trinajstić information content (AvgIpc) is 3.18. The molecule has 3 heterocycles. The monoisotopic (exact) mass is 430 g/mol. The molecule has 164 valence electrons. The van der Waals surface area contributed by atoms with Gasteiger partial charge in [0.15, 0.2) is 5.70 Å². The summed E-state index contributed by atoms with van der Waals surface area (Å²) in [6, 6.07) is 14.4. The standard InChI is InChI=1S/C27H29BF2N2/c1-7-21-16(3)26-25(24-15-11-13-20-12-9-10-14-23(20)24)27-17(4)22(8-2)19(6)32(27)28(29,30)31(26)18(21)5/h9-15H,7-8H2,1-6H3. The van der Waals surface area contributed by atoms with Crippen LogP contribution >= 0.6 is 0 Å². The van der Waals surface area contributed by atoms with E-state index in [4.69, 9.17) is 0 Å². The molecule has 0 saturated heterocycles. The first-order valence-corrected chi connectivity index (χ1v) is 11.5. The molecule has 0 saturated carbocycles. The number of hydrogen-bond acceptors (Lipinski definition) is 0. The number of hydrogen-bond donors (Lipinski definition) is 0. The van der Waals surface area contributed by atoms with Crippen LogP contribution in [0.25, 0.3) is 16.3 Å². The highest BCUT2D eigenvalue weighted by molar-refractivity contribution is 6.58. The average molecular weight is 430 g/mol. The van der Waals surface area contributed by atoms with Crippen LogP contribution in [0.1, 0.15) is 62.2 Å². The third-order valence-electron chi connectivity index (χ3n) is 7.55. The smallest absolute Gasteiger partial charge is 0.393 e. The molecule has 0 fully saturated rings. The van der Waals surface area contributed by atoms with Gasteiger partial charge in [-0.15, -0.1) is 0 Å². The number of halogens is 2. The van der Waals surface area contributed by atoms with E-state index < -0.39 is 6.97 Å². The van der Waals surface area contributed by atoms with Crippen molar-refractivity contribution >= 4 is 29.0 Å². The van der Waals surface area contributed by atoms with E-state index in [-0.39, 0.29) is 0 Å². The maximum atomic E-state index is 16.3. The minimum Gasteiger partial charge on any atom is -0.393 e. The van der Waals surface area contributed by atoms with E-state index in [0.29, 0.717) is 22.8 Å². The predicted molar refractivity (Wildman–Crippen MR) is 131 cm³/mol. The van der Waals surface area contributed by atoms with Crippen molar-refractivity contribution in [2.24, 2.45) is 0 Å². The van der Waals surface area contributed by atoms with Crippen LogP contribution < -0.4 is 0 Å². The Morgan fingerprint density at radius 3 is 2.28 bits per heavy atom. The van der Waals surface area contributed by atoms with Crippen LogP contribution in [0.5, 0.6) is 0 Å². The van der Waals surface area contributed by atoms with Crippen LogP contribution in [-0.4, -0.2) is 21.6 Å². The van der Waals surface area contributed by atoms with E-state index >= 15 is 8.63 Å². The molecule has 1 aromatic heterocycles. The van der Waals surface area contributed by atoms with Crippen molar-refractivity contribution in [1.29, 1.82) is 0 Å². The van der Waals surface area contributed by atoms with Crippen LogP contribution in [0, 0.1) is 13.8 Å². The van der Waals surface area contributed by atoms with Gasteiger partial charge in [-0.1, -0.05) is 56.3 Å². The summed E-state index contributed by atoms with van der Waals surface area (Å²) in [5, 5.41) is 2.21. The van der Waals surface area contributed by atoms with Crippen LogP contribution in [0.3, 0.4) is 0 Å². The SMILES string of the molecule is CCC1=C(C)C2=C(c3cccc4ccccc34)c3c(C)c(CC)c(C)n3[B-](F)(F)[N+]2=C1C. The van der Waals surface area contributed by atoms with Gasteiger partial charge in [0.05, 0.1) is 5.57 Å². The normalized spacial score (nSPS) is 17.5. The molecule has 0 unspecified atom stereocenters. The van der Waals surface area contributed by atoms with Gasteiger partial charge in [0.2, 0.25) is 0 Å². The molecule has 32 heavy (non-hydrogen) atoms. The first-order valence-electron chi connectivity index (χ1n) is 11.5. The fraction of sp³-hybridized carbons (Fsp3) is 0.296. The van der Waals surface area contributed by atoms with Crippen LogP contribution in [0.2, 0.25) is 0 Å². The van der Waals surface area contributed by atoms with Gasteiger partial charge >= 0.3 is 6.97 Å². The number of aromatic nitrogens is 1. The Kier molecular flexibility index (Phi) is 4.60. The van der Waals surface area contributed by atoms with E-state index in [1.807, 2.05) is 45.9 Å². The summed E-state index contributed by atoms with van der Waals surface area (Å²) >= 11 is 0. The third-order valence-corrected chi connectivity index (χ3v) is 7.55. The van der Waals surface area contributed by atoms with Crippen molar-refractivity contribution in [1.82, 2.24) is 4.48 Å². The van der Waals surface area contributed by atoms with E-state index in [0.717, 1.165) is 57.0 Å². The lowest BCUT2D eigenvalue weighted by Crippen LogP contribution is -2.51. The lowest BCUT2D eigenvalue weighted by atomic mass is 9.82. The Morgan fingerprint density at radius 1 is 0.906 bits per heavy atom. The first-order chi connectivity index (χ1) is 15.3. The van der Waals surface area contributed by atoms with Crippen LogP contribution in [0.4, 0.5) is 8.63 Å². The maximum absolute atomic E-state index is 16.3. The molecule has 0 amide bonds. The second-order valence-corrected chi connectivity index (χ2v) is 9.01. The Balaban J connectivity index is 2.03. The van der Waals surface area contributed by atoms with Gasteiger partial charge in [-0.25, -0.2) is 0 Å². The highest BCUT2D eigenvalue weighted by Gasteiger charge is 2.56. The second-order valence-electron chi connectivity index (χ2n) is 9.01. The highest BCUT2D eigenvalue weighted by atomic mass is 19.2. The fourth-order valence-electron chi connectivity index (χ4n) is 6.18. The van der Waals surface area contributed by atoms with Crippen molar-refractivity contribution in [3.63, 3.8) is 0 Å². The third kappa shape index (κ3) is 2.48. The Bertz CT molecular complexity index is 1400. The summed E-state index contributed by atoms with van der Waals surface area (Å²) in [5.41, 5.74) is 8.64. The first kappa shape index (κ1) is 20.9. The molecule has 3 aromatic rings. The van der Waals surface area contributed by atoms with Crippen molar-refractivity contribution in [3.8, 4) is 0 Å². The lowest BCUT2D eigenvalue weighted by molar-refractivity contribution is -0.363. The van der Waals surface area contributed by atoms with E-state index in [1.54, 1.807) is 0 Å². The highest BCUT2D eigenvalue weighted by Crippen LogP contribution is 2.48. The summed E-state index contributed by atoms with van der Waals surface area (Å²) < 4.78 is 35.4. The Hall–Kier alpha value is -2.95. The van der Waals surface area contributed by atoms with E-state index in [9.17, 15) is 0 Å². The van der Waals surface area contributed by atoms with Crippen molar-refractivity contribution in [2.45, 2.75) is 54.4 Å². The molecular formula is C27H29BF2N2. The molecule has 5 rings (SSSR count). The molecule has 2 aromatic carbocycles. The molecule has 2 aliphatic rings. The number of nitrogens with zero attached hydrogens (tertiary/aromatic N) is 2. The maximum Gasteiger partial charge on any atom is 0.737 e. The molecule has 2 nitrogen and oxygen atoms in total. The van der Waals surface area contributed by atoms with Gasteiger partial charge in [-0.3, -0.25) is 0 Å². The number of fused-ring (bicyclic) bond motifs is 3. The molecular weight excluding hydrogens is 401 g/mol. The number of rotatable bonds is 3. The van der Waals surface area contributed by atoms with Crippen LogP contribution in [-0.2, 0) is 6.42 Å². The zero-order chi connectivity index (χ0) is 22.9. The van der Waals surface area contributed by atoms with E-state index in [1.165, 1.54) is 8.96 Å². The summed E-state index contributed by atoms with van der Waals surface area (Å²) in [6.07, 6.45) is 1.47. The van der Waals surface area contributed by atoms with Gasteiger partial charge < -0.3 is 17.6 Å². The minimum absolute atomic E-state index is 0.677. The second kappa shape index (κ2) is 7.03.